The molecule has 4 rings (SSSR count). The Hall–Kier alpha value is -3.91. The zero-order valence-corrected chi connectivity index (χ0v) is 20.8. The van der Waals surface area contributed by atoms with Gasteiger partial charge in [0.1, 0.15) is 11.3 Å². The molecule has 0 saturated carbocycles. The summed E-state index contributed by atoms with van der Waals surface area (Å²) in [7, 11) is 0. The van der Waals surface area contributed by atoms with E-state index < -0.39 is 12.1 Å². The van der Waals surface area contributed by atoms with Crippen molar-refractivity contribution >= 4 is 34.5 Å². The number of benzene rings is 3. The standard InChI is InChI=1S/C27H27ClN4O4/c1-3-22(17-8-6-5-7-9-17)29-26(33)18-10-13-24-23(15-18)30-31-32(24)16-19-14-20(11-12-21(19)28)36-25(4-2)27(34)35/h5-15,22,25H,3-4,16H2,1-2H3,(H,29,33)(H,34,35)/t22-,25?/m1/s1. The lowest BCUT2D eigenvalue weighted by Gasteiger charge is -2.17. The summed E-state index contributed by atoms with van der Waals surface area (Å²) in [6.45, 7) is 4.07. The van der Waals surface area contributed by atoms with E-state index in [0.717, 1.165) is 17.5 Å². The lowest BCUT2D eigenvalue weighted by molar-refractivity contribution is -0.145. The second-order valence-electron chi connectivity index (χ2n) is 8.40. The van der Waals surface area contributed by atoms with Crippen molar-refractivity contribution in [2.75, 3.05) is 0 Å². The number of carboxylic acids is 1. The first-order chi connectivity index (χ1) is 17.4. The highest BCUT2D eigenvalue weighted by atomic mass is 35.5. The normalized spacial score (nSPS) is 12.8. The Bertz CT molecular complexity index is 1370. The second-order valence-corrected chi connectivity index (χ2v) is 8.81. The van der Waals surface area contributed by atoms with Gasteiger partial charge in [-0.05, 0) is 60.4 Å². The molecule has 36 heavy (non-hydrogen) atoms. The molecule has 2 N–H and O–H groups in total. The third kappa shape index (κ3) is 5.66. The number of carbonyl (C=O) groups is 2. The van der Waals surface area contributed by atoms with E-state index in [1.165, 1.54) is 0 Å². The first-order valence-electron chi connectivity index (χ1n) is 11.8. The van der Waals surface area contributed by atoms with Gasteiger partial charge in [0.05, 0.1) is 18.1 Å². The van der Waals surface area contributed by atoms with Gasteiger partial charge in [0.15, 0.2) is 6.10 Å². The van der Waals surface area contributed by atoms with E-state index in [1.807, 2.05) is 37.3 Å². The number of fused-ring (bicyclic) bond motifs is 1. The van der Waals surface area contributed by atoms with E-state index in [9.17, 15) is 14.7 Å². The van der Waals surface area contributed by atoms with Crippen LogP contribution in [0.1, 0.15) is 54.2 Å². The van der Waals surface area contributed by atoms with E-state index >= 15 is 0 Å². The van der Waals surface area contributed by atoms with Gasteiger partial charge in [-0.25, -0.2) is 9.48 Å². The van der Waals surface area contributed by atoms with Crippen LogP contribution in [0.15, 0.2) is 66.7 Å². The number of nitrogens with zero attached hydrogens (tertiary/aromatic N) is 3. The number of aromatic nitrogens is 3. The molecule has 3 aromatic carbocycles. The summed E-state index contributed by atoms with van der Waals surface area (Å²) in [6.07, 6.45) is 0.162. The minimum atomic E-state index is -1.02. The summed E-state index contributed by atoms with van der Waals surface area (Å²) in [5, 5.41) is 21.3. The first kappa shape index (κ1) is 25.2. The van der Waals surface area contributed by atoms with E-state index in [4.69, 9.17) is 16.3 Å². The van der Waals surface area contributed by atoms with Gasteiger partial charge in [0.25, 0.3) is 5.91 Å². The van der Waals surface area contributed by atoms with Crippen molar-refractivity contribution in [1.29, 1.82) is 0 Å². The van der Waals surface area contributed by atoms with E-state index in [0.29, 0.717) is 40.4 Å². The Morgan fingerprint density at radius 3 is 2.53 bits per heavy atom. The first-order valence-corrected chi connectivity index (χ1v) is 12.1. The third-order valence-electron chi connectivity index (χ3n) is 5.95. The molecule has 2 atom stereocenters. The maximum atomic E-state index is 12.9. The van der Waals surface area contributed by atoms with Gasteiger partial charge in [0, 0.05) is 10.6 Å². The molecule has 9 heteroatoms. The predicted molar refractivity (Wildman–Crippen MR) is 137 cm³/mol. The number of hydrogen-bond donors (Lipinski definition) is 2. The zero-order valence-electron chi connectivity index (χ0n) is 20.0. The molecule has 0 fully saturated rings. The average Bonchev–Trinajstić information content (AvgIpc) is 3.29. The Labute approximate surface area is 213 Å². The molecule has 0 bridgehead atoms. The lowest BCUT2D eigenvalue weighted by atomic mass is 10.0. The minimum absolute atomic E-state index is 0.0878. The van der Waals surface area contributed by atoms with Crippen molar-refractivity contribution in [3.8, 4) is 5.75 Å². The number of ether oxygens (including phenoxy) is 1. The SMILES string of the molecule is CCC(Oc1ccc(Cl)c(Cn2nnc3cc(C(=O)N[C@H](CC)c4ccccc4)ccc32)c1)C(=O)O. The summed E-state index contributed by atoms with van der Waals surface area (Å²) in [5.41, 5.74) is 3.57. The van der Waals surface area contributed by atoms with Crippen LogP contribution in [-0.2, 0) is 11.3 Å². The van der Waals surface area contributed by atoms with Gasteiger partial charge in [-0.1, -0.05) is 61.0 Å². The average molecular weight is 507 g/mol. The van der Waals surface area contributed by atoms with Crippen LogP contribution in [0.3, 0.4) is 0 Å². The van der Waals surface area contributed by atoms with Crippen LogP contribution in [0.2, 0.25) is 5.02 Å². The molecule has 0 radical (unpaired) electrons. The van der Waals surface area contributed by atoms with Crippen LogP contribution < -0.4 is 10.1 Å². The maximum absolute atomic E-state index is 12.9. The Kier molecular flexibility index (Phi) is 7.85. The predicted octanol–water partition coefficient (Wildman–Crippen LogP) is 5.26. The Balaban J connectivity index is 1.52. The van der Waals surface area contributed by atoms with Gasteiger partial charge in [-0.3, -0.25) is 4.79 Å². The van der Waals surface area contributed by atoms with Crippen molar-refractivity contribution in [1.82, 2.24) is 20.3 Å². The highest BCUT2D eigenvalue weighted by Gasteiger charge is 2.18. The fourth-order valence-electron chi connectivity index (χ4n) is 3.96. The molecule has 4 aromatic rings. The molecule has 0 saturated heterocycles. The fourth-order valence-corrected chi connectivity index (χ4v) is 4.14. The number of hydrogen-bond acceptors (Lipinski definition) is 5. The molecule has 0 spiro atoms. The number of aliphatic carboxylic acids is 1. The van der Waals surface area contributed by atoms with Crippen LogP contribution in [0, 0.1) is 0 Å². The zero-order chi connectivity index (χ0) is 25.7. The van der Waals surface area contributed by atoms with Crippen LogP contribution in [0.4, 0.5) is 0 Å². The monoisotopic (exact) mass is 506 g/mol. The molecule has 1 amide bonds. The van der Waals surface area contributed by atoms with Crippen LogP contribution in [-0.4, -0.2) is 38.1 Å². The van der Waals surface area contributed by atoms with Crippen molar-refractivity contribution < 1.29 is 19.4 Å². The van der Waals surface area contributed by atoms with Gasteiger partial charge >= 0.3 is 5.97 Å². The highest BCUT2D eigenvalue weighted by molar-refractivity contribution is 6.31. The molecule has 0 aliphatic rings. The minimum Gasteiger partial charge on any atom is -0.479 e. The highest BCUT2D eigenvalue weighted by Crippen LogP contribution is 2.26. The number of amides is 1. The summed E-state index contributed by atoms with van der Waals surface area (Å²) in [6, 6.07) is 20.0. The third-order valence-corrected chi connectivity index (χ3v) is 6.32. The molecule has 186 valence electrons. The van der Waals surface area contributed by atoms with Crippen molar-refractivity contribution in [3.63, 3.8) is 0 Å². The summed E-state index contributed by atoms with van der Waals surface area (Å²) in [4.78, 5) is 24.2. The summed E-state index contributed by atoms with van der Waals surface area (Å²) < 4.78 is 7.27. The Morgan fingerprint density at radius 1 is 1.06 bits per heavy atom. The largest absolute Gasteiger partial charge is 0.479 e. The van der Waals surface area contributed by atoms with Gasteiger partial charge in [-0.2, -0.15) is 0 Å². The quantitative estimate of drug-likeness (QED) is 0.304. The molecular formula is C27H27ClN4O4. The van der Waals surface area contributed by atoms with Gasteiger partial charge in [-0.15, -0.1) is 5.10 Å². The number of nitrogens with one attached hydrogen (secondary N) is 1. The molecule has 8 nitrogen and oxygen atoms in total. The molecular weight excluding hydrogens is 480 g/mol. The lowest BCUT2D eigenvalue weighted by Crippen LogP contribution is -2.28. The van der Waals surface area contributed by atoms with Crippen molar-refractivity contribution in [3.05, 3.63) is 88.4 Å². The number of carboxylic acid groups (broad SMARTS) is 1. The number of rotatable bonds is 10. The van der Waals surface area contributed by atoms with Crippen LogP contribution in [0.5, 0.6) is 5.75 Å². The number of halogens is 1. The smallest absolute Gasteiger partial charge is 0.344 e. The van der Waals surface area contributed by atoms with E-state index in [1.54, 1.807) is 48.0 Å². The molecule has 1 aromatic heterocycles. The van der Waals surface area contributed by atoms with Crippen LogP contribution >= 0.6 is 11.6 Å². The van der Waals surface area contributed by atoms with Crippen LogP contribution in [0.25, 0.3) is 11.0 Å². The van der Waals surface area contributed by atoms with Crippen molar-refractivity contribution in [2.45, 2.75) is 45.4 Å². The Morgan fingerprint density at radius 2 is 1.83 bits per heavy atom. The second kappa shape index (κ2) is 11.2. The summed E-state index contributed by atoms with van der Waals surface area (Å²) >= 11 is 6.39. The molecule has 1 unspecified atom stereocenters. The fraction of sp³-hybridized carbons (Fsp3) is 0.259. The number of carbonyl (C=O) groups excluding carboxylic acids is 1. The molecule has 0 aliphatic heterocycles. The molecule has 0 aliphatic carbocycles. The molecule has 1 heterocycles. The van der Waals surface area contributed by atoms with E-state index in [2.05, 4.69) is 15.6 Å². The van der Waals surface area contributed by atoms with E-state index in [-0.39, 0.29) is 11.9 Å². The topological polar surface area (TPSA) is 106 Å². The van der Waals surface area contributed by atoms with Gasteiger partial charge in [0.2, 0.25) is 0 Å². The summed E-state index contributed by atoms with van der Waals surface area (Å²) in [5.74, 6) is -0.792. The van der Waals surface area contributed by atoms with Gasteiger partial charge < -0.3 is 15.2 Å². The maximum Gasteiger partial charge on any atom is 0.344 e. The van der Waals surface area contributed by atoms with Crippen molar-refractivity contribution in [2.24, 2.45) is 0 Å².